The third kappa shape index (κ3) is 10.5. The van der Waals surface area contributed by atoms with Gasteiger partial charge in [0.2, 0.25) is 0 Å². The third-order valence-electron chi connectivity index (χ3n) is 30.6. The van der Waals surface area contributed by atoms with Crippen molar-refractivity contribution in [3.05, 3.63) is 374 Å². The van der Waals surface area contributed by atoms with Crippen LogP contribution in [0.25, 0.3) is 221 Å². The fraction of sp³-hybridized carbons (Fsp3) is 0.129. The summed E-state index contributed by atoms with van der Waals surface area (Å²) in [5, 5.41) is 17.1. The van der Waals surface area contributed by atoms with Crippen LogP contribution in [0.5, 0.6) is 0 Å². The van der Waals surface area contributed by atoms with E-state index < -0.39 is 5.41 Å². The van der Waals surface area contributed by atoms with Gasteiger partial charge in [0.15, 0.2) is 0 Å². The molecular formula is C124H92B2N4O2. The van der Waals surface area contributed by atoms with E-state index in [4.69, 9.17) is 8.83 Å². The number of hydrogen-bond acceptors (Lipinski definition) is 2. The Bertz CT molecular complexity index is 9280. The van der Waals surface area contributed by atoms with Crippen LogP contribution in [-0.2, 0) is 28.1 Å². The van der Waals surface area contributed by atoms with Gasteiger partial charge in [0.05, 0.1) is 33.5 Å². The number of para-hydroxylation sites is 2. The number of aromatic nitrogens is 4. The molecule has 4 aliphatic heterocycles. The second-order valence-corrected chi connectivity index (χ2v) is 41.9. The van der Waals surface area contributed by atoms with Crippen LogP contribution in [0.3, 0.4) is 0 Å². The number of benzene rings is 18. The highest BCUT2D eigenvalue weighted by atomic mass is 16.3. The first-order valence-corrected chi connectivity index (χ1v) is 47.0. The predicted octanol–water partition coefficient (Wildman–Crippen LogP) is 28.6. The van der Waals surface area contributed by atoms with Gasteiger partial charge in [-0.25, -0.2) is 0 Å². The van der Waals surface area contributed by atoms with E-state index in [2.05, 4.69) is 440 Å². The Morgan fingerprint density at radius 2 is 0.644 bits per heavy atom. The Hall–Kier alpha value is -15.1. The summed E-state index contributed by atoms with van der Waals surface area (Å²) in [4.78, 5) is 0. The lowest BCUT2D eigenvalue weighted by atomic mass is 9.33. The topological polar surface area (TPSA) is 46.0 Å². The molecule has 0 aliphatic carbocycles. The molecule has 0 bridgehead atoms. The highest BCUT2D eigenvalue weighted by molar-refractivity contribution is 7.02. The van der Waals surface area contributed by atoms with E-state index in [1.807, 2.05) is 0 Å². The predicted molar refractivity (Wildman–Crippen MR) is 560 cm³/mol. The smallest absolute Gasteiger partial charge is 0.253 e. The lowest BCUT2D eigenvalue weighted by molar-refractivity contribution is 0.523. The van der Waals surface area contributed by atoms with Crippen LogP contribution in [0.15, 0.2) is 355 Å². The normalized spacial score (nSPS) is 13.4. The molecule has 132 heavy (non-hydrogen) atoms. The minimum Gasteiger partial charge on any atom is -0.456 e. The first-order valence-electron chi connectivity index (χ1n) is 47.0. The average Bonchev–Trinajstić information content (AvgIpc) is 1.49. The molecule has 0 saturated heterocycles. The fourth-order valence-electron chi connectivity index (χ4n) is 24.4. The second kappa shape index (κ2) is 26.6. The maximum atomic E-state index is 6.79. The van der Waals surface area contributed by atoms with Crippen LogP contribution in [0, 0.1) is 0 Å². The van der Waals surface area contributed by atoms with Gasteiger partial charge in [-0.15, -0.1) is 0 Å². The molecule has 6 aromatic heterocycles. The number of nitrogens with zero attached hydrogens (tertiary/aromatic N) is 4. The van der Waals surface area contributed by atoms with Gasteiger partial charge in [-0.2, -0.15) is 0 Å². The van der Waals surface area contributed by atoms with Crippen molar-refractivity contribution < 1.29 is 8.83 Å². The molecule has 0 unspecified atom stereocenters. The van der Waals surface area contributed by atoms with Crippen molar-refractivity contribution in [3.63, 3.8) is 0 Å². The zero-order valence-electron chi connectivity index (χ0n) is 75.9. The van der Waals surface area contributed by atoms with Crippen molar-refractivity contribution in [3.8, 4) is 89.8 Å². The molecule has 0 fully saturated rings. The average molecular weight is 1690 g/mol. The molecule has 0 amide bonds. The number of fused-ring (bicyclic) bond motifs is 24. The van der Waals surface area contributed by atoms with Crippen LogP contribution in [0.4, 0.5) is 0 Å². The molecule has 24 aromatic rings. The van der Waals surface area contributed by atoms with Gasteiger partial charge in [-0.05, 0) is 264 Å². The molecular weight excluding hydrogens is 1600 g/mol. The molecule has 6 nitrogen and oxygen atoms in total. The summed E-state index contributed by atoms with van der Waals surface area (Å²) in [6.07, 6.45) is 0.760. The van der Waals surface area contributed by atoms with Crippen molar-refractivity contribution in [2.24, 2.45) is 0 Å². The van der Waals surface area contributed by atoms with Crippen molar-refractivity contribution in [1.82, 2.24) is 18.3 Å². The summed E-state index contributed by atoms with van der Waals surface area (Å²) >= 11 is 0. The Morgan fingerprint density at radius 3 is 1.17 bits per heavy atom. The third-order valence-corrected chi connectivity index (χ3v) is 30.6. The highest BCUT2D eigenvalue weighted by Crippen LogP contribution is 2.53. The van der Waals surface area contributed by atoms with E-state index in [0.29, 0.717) is 0 Å². The largest absolute Gasteiger partial charge is 0.456 e. The van der Waals surface area contributed by atoms with Gasteiger partial charge in [0.1, 0.15) is 22.3 Å². The summed E-state index contributed by atoms with van der Waals surface area (Å²) in [5.41, 5.74) is 43.7. The summed E-state index contributed by atoms with van der Waals surface area (Å²) in [5.74, 6) is 0. The SMILES string of the molecule is CC(C)(C)c1ccc2c(c1)c1cc(C(C)(C)C)cc3c1n2-c1cc(-c2ccc4oc5ccccc5c4c2)cc2c1B3c1c3ccccc3cc3c(-c4cccc(CC(C)(C)c5cc6c7c(c5)c5cc(C(C)(C)C)ccc5n7-c5cc(-c7ccc8c(c7)oc7ccccc78)cc7c5B6c5c6ccccc6cc6c(-c8ccccc8)c(-c8ccccc8)n-7c56)c4)c(-c4ccccc4)n-2c13. The zero-order chi connectivity index (χ0) is 88.3. The van der Waals surface area contributed by atoms with Crippen molar-refractivity contribution in [2.45, 2.75) is 104 Å². The standard InChI is InChI=1S/C124H92B2N4O2/c1-121(2,3)81-48-51-99-90(63-81)93-65-83(123(7,8)9)67-97-117(93)127(99)101-58-79(74-47-53-107-92(55-74)88-43-26-28-45-106(88)131-107)60-103-113(101)125(97)112-86-41-24-22-38-77(86)57-96-110(116(130(103)120(96)112)73-35-19-14-20-36-73)78-39-29-30-70(54-78)69-124(10,11)84-66-94-91-64-82(122(4,5)6)49-52-100(91)128-102-59-80(75-46-50-89-87-42-25-27-44-105(87)132-108(89)62-75)61-104-114(102)126(98(68-84)118(94)128)111-85-40-23-21-37-76(85)56-95-109(71-31-15-12-16-32-71)115(129(104)119(95)111)72-33-17-13-18-34-72/h12-68H,69H2,1-11H3. The maximum Gasteiger partial charge on any atom is 0.253 e. The second-order valence-electron chi connectivity index (χ2n) is 41.9. The molecule has 0 N–H and O–H groups in total. The fourth-order valence-corrected chi connectivity index (χ4v) is 24.4. The van der Waals surface area contributed by atoms with Gasteiger partial charge in [0.25, 0.3) is 13.4 Å². The van der Waals surface area contributed by atoms with Crippen LogP contribution in [-0.4, -0.2) is 31.7 Å². The Labute approximate surface area is 766 Å². The van der Waals surface area contributed by atoms with Crippen molar-refractivity contribution >= 4 is 177 Å². The molecule has 0 atom stereocenters. The lowest BCUT2D eigenvalue weighted by Crippen LogP contribution is -2.60. The molecule has 10 heterocycles. The van der Waals surface area contributed by atoms with E-state index in [0.717, 1.165) is 78.1 Å². The summed E-state index contributed by atoms with van der Waals surface area (Å²) in [6.45, 7) is 26.1. The first kappa shape index (κ1) is 75.8. The Morgan fingerprint density at radius 1 is 0.235 bits per heavy atom. The zero-order valence-corrected chi connectivity index (χ0v) is 75.9. The van der Waals surface area contributed by atoms with Gasteiger partial charge in [-0.1, -0.05) is 313 Å². The van der Waals surface area contributed by atoms with E-state index in [1.54, 1.807) is 0 Å². The van der Waals surface area contributed by atoms with E-state index in [-0.39, 0.29) is 29.7 Å². The summed E-state index contributed by atoms with van der Waals surface area (Å²) < 4.78 is 24.2. The Kier molecular flexibility index (Phi) is 15.3. The molecule has 0 spiro atoms. The van der Waals surface area contributed by atoms with E-state index >= 15 is 0 Å². The highest BCUT2D eigenvalue weighted by Gasteiger charge is 2.48. The number of rotatable bonds is 9. The van der Waals surface area contributed by atoms with E-state index in [9.17, 15) is 0 Å². The monoisotopic (exact) mass is 1690 g/mol. The van der Waals surface area contributed by atoms with Gasteiger partial charge < -0.3 is 27.1 Å². The molecule has 8 heteroatoms. The van der Waals surface area contributed by atoms with Crippen LogP contribution >= 0.6 is 0 Å². The first-order chi connectivity index (χ1) is 64.1. The molecule has 0 radical (unpaired) electrons. The molecule has 4 aliphatic rings. The number of furan rings is 2. The van der Waals surface area contributed by atoms with Crippen LogP contribution in [0.2, 0.25) is 0 Å². The van der Waals surface area contributed by atoms with Gasteiger partial charge in [0, 0.05) is 98.8 Å². The molecule has 626 valence electrons. The molecule has 18 aromatic carbocycles. The Balaban J connectivity index is 0.688. The van der Waals surface area contributed by atoms with Crippen LogP contribution < -0.4 is 32.8 Å². The maximum absolute atomic E-state index is 6.79. The van der Waals surface area contributed by atoms with Crippen molar-refractivity contribution in [1.29, 1.82) is 0 Å². The van der Waals surface area contributed by atoms with Gasteiger partial charge >= 0.3 is 0 Å². The van der Waals surface area contributed by atoms with E-state index in [1.165, 1.54) is 210 Å². The lowest BCUT2D eigenvalue weighted by Gasteiger charge is -2.36. The summed E-state index contributed by atoms with van der Waals surface area (Å²) in [6, 6.07) is 133. The molecule has 0 saturated carbocycles. The van der Waals surface area contributed by atoms with Crippen molar-refractivity contribution in [2.75, 3.05) is 0 Å². The van der Waals surface area contributed by atoms with Crippen LogP contribution in [0.1, 0.15) is 104 Å². The molecule has 28 rings (SSSR count). The quantitative estimate of drug-likeness (QED) is 0.135. The number of hydrogen-bond donors (Lipinski definition) is 0. The van der Waals surface area contributed by atoms with Gasteiger partial charge in [-0.3, -0.25) is 0 Å². The minimum atomic E-state index is -0.435. The summed E-state index contributed by atoms with van der Waals surface area (Å²) in [7, 11) is 0. The minimum absolute atomic E-state index is 0.0700.